The van der Waals surface area contributed by atoms with E-state index < -0.39 is 0 Å². The average molecular weight is 266 g/mol. The van der Waals surface area contributed by atoms with Crippen LogP contribution in [0.2, 0.25) is 0 Å². The molecule has 5 heteroatoms. The van der Waals surface area contributed by atoms with Crippen molar-refractivity contribution in [3.8, 4) is 0 Å². The minimum Gasteiger partial charge on any atom is -0.396 e. The molecule has 1 heterocycles. The number of aliphatic hydroxyl groups excluding tert-OH is 1. The molecule has 1 aromatic rings. The van der Waals surface area contributed by atoms with Gasteiger partial charge in [-0.05, 0) is 24.5 Å². The first-order chi connectivity index (χ1) is 9.20. The summed E-state index contributed by atoms with van der Waals surface area (Å²) in [6.45, 7) is 1.82. The van der Waals surface area contributed by atoms with Crippen LogP contribution in [0.4, 0.5) is 9.18 Å². The van der Waals surface area contributed by atoms with E-state index in [4.69, 9.17) is 5.11 Å². The lowest BCUT2D eigenvalue weighted by Crippen LogP contribution is -2.39. The molecule has 1 unspecified atom stereocenters. The number of carbonyl (C=O) groups is 1. The molecule has 104 valence electrons. The minimum absolute atomic E-state index is 0.124. The first kappa shape index (κ1) is 13.8. The van der Waals surface area contributed by atoms with Gasteiger partial charge in [-0.15, -0.1) is 0 Å². The van der Waals surface area contributed by atoms with Gasteiger partial charge in [0, 0.05) is 32.2 Å². The van der Waals surface area contributed by atoms with Crippen molar-refractivity contribution in [3.05, 3.63) is 35.6 Å². The highest BCUT2D eigenvalue weighted by Crippen LogP contribution is 2.15. The van der Waals surface area contributed by atoms with Crippen LogP contribution in [0.1, 0.15) is 12.0 Å². The maximum absolute atomic E-state index is 13.4. The smallest absolute Gasteiger partial charge is 0.317 e. The van der Waals surface area contributed by atoms with Crippen molar-refractivity contribution >= 4 is 6.03 Å². The van der Waals surface area contributed by atoms with Gasteiger partial charge in [0.1, 0.15) is 5.82 Å². The van der Waals surface area contributed by atoms with Crippen molar-refractivity contribution in [1.82, 2.24) is 10.2 Å². The average Bonchev–Trinajstić information content (AvgIpc) is 2.90. The maximum Gasteiger partial charge on any atom is 0.317 e. The van der Waals surface area contributed by atoms with Crippen molar-refractivity contribution in [3.63, 3.8) is 0 Å². The molecular weight excluding hydrogens is 247 g/mol. The van der Waals surface area contributed by atoms with Gasteiger partial charge in [-0.3, -0.25) is 0 Å². The van der Waals surface area contributed by atoms with Crippen LogP contribution >= 0.6 is 0 Å². The van der Waals surface area contributed by atoms with Crippen molar-refractivity contribution < 1.29 is 14.3 Å². The van der Waals surface area contributed by atoms with Gasteiger partial charge >= 0.3 is 6.03 Å². The fourth-order valence-electron chi connectivity index (χ4n) is 2.28. The molecule has 1 aliphatic heterocycles. The van der Waals surface area contributed by atoms with Crippen molar-refractivity contribution in [2.75, 3.05) is 26.2 Å². The first-order valence-corrected chi connectivity index (χ1v) is 6.57. The van der Waals surface area contributed by atoms with E-state index in [1.54, 1.807) is 23.1 Å². The van der Waals surface area contributed by atoms with Crippen LogP contribution in [-0.2, 0) is 6.42 Å². The Hall–Kier alpha value is -1.62. The zero-order valence-electron chi connectivity index (χ0n) is 10.8. The summed E-state index contributed by atoms with van der Waals surface area (Å²) in [5, 5.41) is 11.8. The molecule has 0 aliphatic carbocycles. The SMILES string of the molecule is O=C(NCCc1ccccc1F)N1CCC(CO)C1. The second-order valence-corrected chi connectivity index (χ2v) is 4.86. The Morgan fingerprint density at radius 1 is 1.47 bits per heavy atom. The molecule has 1 fully saturated rings. The number of carbonyl (C=O) groups excluding carboxylic acids is 1. The lowest BCUT2D eigenvalue weighted by atomic mass is 10.1. The Morgan fingerprint density at radius 2 is 2.26 bits per heavy atom. The number of amides is 2. The van der Waals surface area contributed by atoms with E-state index >= 15 is 0 Å². The molecule has 1 atom stereocenters. The van der Waals surface area contributed by atoms with E-state index in [9.17, 15) is 9.18 Å². The zero-order valence-corrected chi connectivity index (χ0v) is 10.8. The molecule has 2 amide bonds. The molecule has 0 saturated carbocycles. The molecule has 1 aromatic carbocycles. The van der Waals surface area contributed by atoms with Gasteiger partial charge in [0.2, 0.25) is 0 Å². The molecule has 2 rings (SSSR count). The Bertz CT molecular complexity index is 439. The molecule has 0 spiro atoms. The standard InChI is InChI=1S/C14H19FN2O2/c15-13-4-2-1-3-12(13)5-7-16-14(19)17-8-6-11(9-17)10-18/h1-4,11,18H,5-10H2,(H,16,19). The molecule has 4 nitrogen and oxygen atoms in total. The fraction of sp³-hybridized carbons (Fsp3) is 0.500. The predicted molar refractivity (Wildman–Crippen MR) is 70.3 cm³/mol. The van der Waals surface area contributed by atoms with E-state index in [-0.39, 0.29) is 24.4 Å². The Kier molecular flexibility index (Phi) is 4.74. The Morgan fingerprint density at radius 3 is 2.95 bits per heavy atom. The Labute approximate surface area is 112 Å². The van der Waals surface area contributed by atoms with E-state index in [1.807, 2.05) is 0 Å². The third kappa shape index (κ3) is 3.67. The van der Waals surface area contributed by atoms with Crippen LogP contribution in [0.25, 0.3) is 0 Å². The number of hydrogen-bond donors (Lipinski definition) is 2. The molecule has 0 aromatic heterocycles. The number of benzene rings is 1. The molecular formula is C14H19FN2O2. The summed E-state index contributed by atoms with van der Waals surface area (Å²) < 4.78 is 13.4. The number of aliphatic hydroxyl groups is 1. The Balaban J connectivity index is 1.74. The highest BCUT2D eigenvalue weighted by Gasteiger charge is 2.25. The molecule has 1 aliphatic rings. The third-order valence-electron chi connectivity index (χ3n) is 3.46. The number of halogens is 1. The van der Waals surface area contributed by atoms with Gasteiger partial charge in [0.15, 0.2) is 0 Å². The predicted octanol–water partition coefficient (Wildman–Crippen LogP) is 1.39. The van der Waals surface area contributed by atoms with E-state index in [0.29, 0.717) is 31.6 Å². The summed E-state index contributed by atoms with van der Waals surface area (Å²) in [7, 11) is 0. The van der Waals surface area contributed by atoms with Gasteiger partial charge < -0.3 is 15.3 Å². The van der Waals surface area contributed by atoms with Crippen LogP contribution in [0.5, 0.6) is 0 Å². The minimum atomic E-state index is -0.238. The van der Waals surface area contributed by atoms with Gasteiger partial charge in [0.25, 0.3) is 0 Å². The summed E-state index contributed by atoms with van der Waals surface area (Å²) in [5.74, 6) is -0.0458. The first-order valence-electron chi connectivity index (χ1n) is 6.57. The molecule has 0 radical (unpaired) electrons. The van der Waals surface area contributed by atoms with E-state index in [0.717, 1.165) is 6.42 Å². The second-order valence-electron chi connectivity index (χ2n) is 4.86. The van der Waals surface area contributed by atoms with Gasteiger partial charge in [0.05, 0.1) is 0 Å². The normalized spacial score (nSPS) is 18.6. The monoisotopic (exact) mass is 266 g/mol. The number of likely N-dealkylation sites (tertiary alicyclic amines) is 1. The van der Waals surface area contributed by atoms with Crippen LogP contribution in [0, 0.1) is 11.7 Å². The topological polar surface area (TPSA) is 52.6 Å². The summed E-state index contributed by atoms with van der Waals surface area (Å²) in [6.07, 6.45) is 1.33. The highest BCUT2D eigenvalue weighted by atomic mass is 19.1. The zero-order chi connectivity index (χ0) is 13.7. The number of rotatable bonds is 4. The number of hydrogen-bond acceptors (Lipinski definition) is 2. The number of urea groups is 1. The van der Waals surface area contributed by atoms with Gasteiger partial charge in [-0.1, -0.05) is 18.2 Å². The van der Waals surface area contributed by atoms with Crippen LogP contribution in [0.15, 0.2) is 24.3 Å². The van der Waals surface area contributed by atoms with Crippen LogP contribution in [-0.4, -0.2) is 42.3 Å². The summed E-state index contributed by atoms with van der Waals surface area (Å²) in [6, 6.07) is 6.44. The number of nitrogens with one attached hydrogen (secondary N) is 1. The lowest BCUT2D eigenvalue weighted by Gasteiger charge is -2.17. The largest absolute Gasteiger partial charge is 0.396 e. The van der Waals surface area contributed by atoms with Crippen molar-refractivity contribution in [1.29, 1.82) is 0 Å². The molecule has 19 heavy (non-hydrogen) atoms. The lowest BCUT2D eigenvalue weighted by molar-refractivity contribution is 0.198. The number of nitrogens with zero attached hydrogens (tertiary/aromatic N) is 1. The third-order valence-corrected chi connectivity index (χ3v) is 3.46. The molecule has 1 saturated heterocycles. The molecule has 2 N–H and O–H groups in total. The second kappa shape index (κ2) is 6.52. The van der Waals surface area contributed by atoms with E-state index in [2.05, 4.69) is 5.32 Å². The van der Waals surface area contributed by atoms with Crippen molar-refractivity contribution in [2.45, 2.75) is 12.8 Å². The quantitative estimate of drug-likeness (QED) is 0.865. The van der Waals surface area contributed by atoms with Crippen molar-refractivity contribution in [2.24, 2.45) is 5.92 Å². The summed E-state index contributed by atoms with van der Waals surface area (Å²) in [4.78, 5) is 13.5. The fourth-order valence-corrected chi connectivity index (χ4v) is 2.28. The summed E-state index contributed by atoms with van der Waals surface area (Å²) in [5.41, 5.74) is 0.609. The van der Waals surface area contributed by atoms with Gasteiger partial charge in [-0.2, -0.15) is 0 Å². The summed E-state index contributed by atoms with van der Waals surface area (Å²) >= 11 is 0. The van der Waals surface area contributed by atoms with Gasteiger partial charge in [-0.25, -0.2) is 9.18 Å². The highest BCUT2D eigenvalue weighted by molar-refractivity contribution is 5.74. The maximum atomic E-state index is 13.4. The van der Waals surface area contributed by atoms with Crippen LogP contribution in [0.3, 0.4) is 0 Å². The molecule has 0 bridgehead atoms. The van der Waals surface area contributed by atoms with Crippen LogP contribution < -0.4 is 5.32 Å². The van der Waals surface area contributed by atoms with E-state index in [1.165, 1.54) is 6.07 Å².